The average Bonchev–Trinajstić information content (AvgIpc) is 2.34. The van der Waals surface area contributed by atoms with Crippen LogP contribution in [0.15, 0.2) is 30.5 Å². The molecule has 0 saturated carbocycles. The zero-order valence-electron chi connectivity index (χ0n) is 9.64. The minimum atomic E-state index is -0.502. The van der Waals surface area contributed by atoms with Gasteiger partial charge in [0.1, 0.15) is 11.5 Å². The van der Waals surface area contributed by atoms with Gasteiger partial charge in [0.2, 0.25) is 0 Å². The van der Waals surface area contributed by atoms with E-state index in [1.54, 1.807) is 12.1 Å². The van der Waals surface area contributed by atoms with Crippen molar-refractivity contribution in [3.8, 4) is 11.8 Å². The molecular weight excluding hydrogens is 235 g/mol. The normalized spacial score (nSPS) is 10.1. The van der Waals surface area contributed by atoms with Crippen molar-refractivity contribution >= 4 is 5.84 Å². The Morgan fingerprint density at radius 2 is 2.17 bits per heavy atom. The second-order valence-electron chi connectivity index (χ2n) is 3.67. The van der Waals surface area contributed by atoms with E-state index in [2.05, 4.69) is 9.97 Å². The Labute approximate surface area is 103 Å². The van der Waals surface area contributed by atoms with E-state index in [-0.39, 0.29) is 23.3 Å². The number of ether oxygens (including phenoxy) is 1. The molecule has 1 heterocycles. The summed E-state index contributed by atoms with van der Waals surface area (Å²) in [6.45, 7) is 1.82. The van der Waals surface area contributed by atoms with Crippen molar-refractivity contribution in [1.82, 2.24) is 9.97 Å². The lowest BCUT2D eigenvalue weighted by molar-refractivity contribution is 0.410. The minimum Gasteiger partial charge on any atom is -0.421 e. The third-order valence-corrected chi connectivity index (χ3v) is 2.20. The van der Waals surface area contributed by atoms with Crippen LogP contribution < -0.4 is 10.5 Å². The fourth-order valence-electron chi connectivity index (χ4n) is 1.33. The van der Waals surface area contributed by atoms with Crippen LogP contribution in [0.1, 0.15) is 11.3 Å². The van der Waals surface area contributed by atoms with Crippen LogP contribution in [0.3, 0.4) is 0 Å². The Morgan fingerprint density at radius 1 is 1.39 bits per heavy atom. The van der Waals surface area contributed by atoms with Crippen molar-refractivity contribution < 1.29 is 9.13 Å². The number of hydrogen-bond acceptors (Lipinski definition) is 4. The Morgan fingerprint density at radius 3 is 2.89 bits per heavy atom. The van der Waals surface area contributed by atoms with Gasteiger partial charge in [0, 0.05) is 6.20 Å². The van der Waals surface area contributed by atoms with Crippen LogP contribution in [-0.4, -0.2) is 15.8 Å². The Bertz CT molecular complexity index is 600. The van der Waals surface area contributed by atoms with Crippen LogP contribution in [0.2, 0.25) is 0 Å². The van der Waals surface area contributed by atoms with Gasteiger partial charge in [0.25, 0.3) is 0 Å². The molecule has 0 spiro atoms. The zero-order chi connectivity index (χ0) is 13.1. The summed E-state index contributed by atoms with van der Waals surface area (Å²) < 4.78 is 18.7. The minimum absolute atomic E-state index is 0.0377. The van der Waals surface area contributed by atoms with E-state index in [1.807, 2.05) is 6.92 Å². The summed E-state index contributed by atoms with van der Waals surface area (Å²) in [6.07, 6.45) is 1.40. The lowest BCUT2D eigenvalue weighted by Crippen LogP contribution is -2.13. The number of aryl methyl sites for hydroxylation is 1. The molecule has 0 aliphatic rings. The highest BCUT2D eigenvalue weighted by Crippen LogP contribution is 2.22. The van der Waals surface area contributed by atoms with Crippen LogP contribution in [0.25, 0.3) is 0 Å². The van der Waals surface area contributed by atoms with Crippen molar-refractivity contribution in [2.45, 2.75) is 6.92 Å². The van der Waals surface area contributed by atoms with Gasteiger partial charge in [-0.25, -0.2) is 9.37 Å². The van der Waals surface area contributed by atoms with Crippen LogP contribution >= 0.6 is 0 Å². The first-order valence-electron chi connectivity index (χ1n) is 5.17. The van der Waals surface area contributed by atoms with Gasteiger partial charge in [-0.05, 0) is 30.7 Å². The molecule has 0 aliphatic carbocycles. The number of nitrogen functional groups attached to an aromatic ring is 1. The van der Waals surface area contributed by atoms with E-state index >= 15 is 0 Å². The first-order valence-corrected chi connectivity index (χ1v) is 5.17. The van der Waals surface area contributed by atoms with Crippen molar-refractivity contribution in [3.63, 3.8) is 0 Å². The lowest BCUT2D eigenvalue weighted by atomic mass is 10.2. The molecule has 5 nitrogen and oxygen atoms in total. The number of hydrogen-bond donors (Lipinski definition) is 2. The predicted molar refractivity (Wildman–Crippen MR) is 64.3 cm³/mol. The maximum absolute atomic E-state index is 13.5. The molecule has 0 aliphatic heterocycles. The lowest BCUT2D eigenvalue weighted by Gasteiger charge is -2.06. The number of amidine groups is 1. The molecule has 0 saturated heterocycles. The summed E-state index contributed by atoms with van der Waals surface area (Å²) in [4.78, 5) is 7.72. The molecule has 0 atom stereocenters. The zero-order valence-corrected chi connectivity index (χ0v) is 9.64. The van der Waals surface area contributed by atoms with E-state index in [9.17, 15) is 4.39 Å². The van der Waals surface area contributed by atoms with Gasteiger partial charge in [-0.15, -0.1) is 0 Å². The smallest absolute Gasteiger partial charge is 0.322 e. The molecule has 18 heavy (non-hydrogen) atoms. The predicted octanol–water partition coefficient (Wildman–Crippen LogP) is 2.00. The summed E-state index contributed by atoms with van der Waals surface area (Å²) in [6, 6.07) is 5.90. The number of benzene rings is 1. The van der Waals surface area contributed by atoms with Gasteiger partial charge in [0.05, 0.1) is 0 Å². The van der Waals surface area contributed by atoms with Gasteiger partial charge in [-0.3, -0.25) is 5.41 Å². The highest BCUT2D eigenvalue weighted by molar-refractivity contribution is 5.92. The molecule has 0 fully saturated rings. The van der Waals surface area contributed by atoms with Gasteiger partial charge in [-0.2, -0.15) is 4.98 Å². The first kappa shape index (κ1) is 12.0. The molecule has 92 valence electrons. The Kier molecular flexibility index (Phi) is 3.18. The summed E-state index contributed by atoms with van der Waals surface area (Å²) in [5, 5.41) is 7.25. The maximum Gasteiger partial charge on any atom is 0.322 e. The van der Waals surface area contributed by atoms with Crippen LogP contribution in [0.4, 0.5) is 4.39 Å². The molecular formula is C12H11FN4O. The summed E-state index contributed by atoms with van der Waals surface area (Å²) in [7, 11) is 0. The van der Waals surface area contributed by atoms with Crippen molar-refractivity contribution in [3.05, 3.63) is 47.5 Å². The number of nitrogens with two attached hydrogens (primary N) is 1. The second-order valence-corrected chi connectivity index (χ2v) is 3.67. The fraction of sp³-hybridized carbons (Fsp3) is 0.0833. The number of nitrogens with zero attached hydrogens (tertiary/aromatic N) is 2. The van der Waals surface area contributed by atoms with E-state index in [0.29, 0.717) is 0 Å². The summed E-state index contributed by atoms with van der Waals surface area (Å²) in [5.74, 6) is -0.667. The van der Waals surface area contributed by atoms with Crippen LogP contribution in [-0.2, 0) is 0 Å². The van der Waals surface area contributed by atoms with E-state index in [4.69, 9.17) is 15.9 Å². The summed E-state index contributed by atoms with van der Waals surface area (Å²) >= 11 is 0. The number of nitrogens with one attached hydrogen (secondary N) is 1. The monoisotopic (exact) mass is 246 g/mol. The molecule has 3 N–H and O–H groups in total. The maximum atomic E-state index is 13.5. The molecule has 2 aromatic rings. The van der Waals surface area contributed by atoms with E-state index in [1.165, 1.54) is 18.3 Å². The fourth-order valence-corrected chi connectivity index (χ4v) is 1.33. The molecule has 2 rings (SSSR count). The highest BCUT2D eigenvalue weighted by Gasteiger charge is 2.08. The van der Waals surface area contributed by atoms with Gasteiger partial charge in [0.15, 0.2) is 11.6 Å². The topological polar surface area (TPSA) is 84.9 Å². The third-order valence-electron chi connectivity index (χ3n) is 2.20. The Balaban J connectivity index is 2.31. The number of aromatic nitrogens is 2. The van der Waals surface area contributed by atoms with Crippen LogP contribution in [0.5, 0.6) is 11.8 Å². The highest BCUT2D eigenvalue weighted by atomic mass is 19.1. The first-order chi connectivity index (χ1) is 8.56. The molecule has 6 heteroatoms. The quantitative estimate of drug-likeness (QED) is 0.640. The number of rotatable bonds is 3. The molecule has 0 radical (unpaired) electrons. The van der Waals surface area contributed by atoms with E-state index in [0.717, 1.165) is 5.56 Å². The summed E-state index contributed by atoms with van der Waals surface area (Å²) in [5.41, 5.74) is 6.38. The molecule has 0 amide bonds. The van der Waals surface area contributed by atoms with Gasteiger partial charge < -0.3 is 10.5 Å². The SMILES string of the molecule is Cc1ccc(F)c(Oc2nccc(C(=N)N)n2)c1. The van der Waals surface area contributed by atoms with Gasteiger partial charge in [-0.1, -0.05) is 6.07 Å². The van der Waals surface area contributed by atoms with Crippen molar-refractivity contribution in [2.24, 2.45) is 5.73 Å². The molecule has 0 bridgehead atoms. The van der Waals surface area contributed by atoms with Crippen molar-refractivity contribution in [1.29, 1.82) is 5.41 Å². The third kappa shape index (κ3) is 2.60. The average molecular weight is 246 g/mol. The Hall–Kier alpha value is -2.50. The molecule has 0 unspecified atom stereocenters. The second kappa shape index (κ2) is 4.79. The number of halogens is 1. The largest absolute Gasteiger partial charge is 0.421 e. The van der Waals surface area contributed by atoms with E-state index < -0.39 is 5.82 Å². The van der Waals surface area contributed by atoms with Gasteiger partial charge >= 0.3 is 6.01 Å². The van der Waals surface area contributed by atoms with Crippen LogP contribution in [0, 0.1) is 18.2 Å². The standard InChI is InChI=1S/C12H11FN4O/c1-7-2-3-8(13)10(6-7)18-12-16-5-4-9(17-12)11(14)15/h2-6H,1H3,(H3,14,15). The molecule has 1 aromatic carbocycles. The van der Waals surface area contributed by atoms with Crippen molar-refractivity contribution in [2.75, 3.05) is 0 Å². The molecule has 1 aromatic heterocycles.